The minimum atomic E-state index is -0.585. The lowest BCUT2D eigenvalue weighted by molar-refractivity contribution is -0.154. The second-order valence-electron chi connectivity index (χ2n) is 16.8. The van der Waals surface area contributed by atoms with Crippen LogP contribution < -0.4 is 11.5 Å². The molecule has 2 aromatic carbocycles. The minimum absolute atomic E-state index is 0.0197. The van der Waals surface area contributed by atoms with Gasteiger partial charge in [-0.15, -0.1) is 0 Å². The largest absolute Gasteiger partial charge is 0.461 e. The molecule has 0 spiro atoms. The summed E-state index contributed by atoms with van der Waals surface area (Å²) in [5, 5.41) is 28.4. The third-order valence-electron chi connectivity index (χ3n) is 11.9. The van der Waals surface area contributed by atoms with E-state index in [1.165, 1.54) is 0 Å². The first-order valence-corrected chi connectivity index (χ1v) is 22.2. The fourth-order valence-electron chi connectivity index (χ4n) is 6.77. The van der Waals surface area contributed by atoms with Crippen LogP contribution in [0.1, 0.15) is 69.9 Å². The average Bonchev–Trinajstić information content (AvgIpc) is 3.31. The van der Waals surface area contributed by atoms with Gasteiger partial charge in [0.1, 0.15) is 25.4 Å². The maximum atomic E-state index is 11.6. The lowest BCUT2D eigenvalue weighted by Gasteiger charge is -2.37. The molecule has 7 rings (SSSR count). The Morgan fingerprint density at radius 2 is 1.08 bits per heavy atom. The Bertz CT molecular complexity index is 1510. The average molecular weight is 907 g/mol. The van der Waals surface area contributed by atoms with E-state index in [1.807, 2.05) is 67.6 Å². The monoisotopic (exact) mass is 907 g/mol. The van der Waals surface area contributed by atoms with Gasteiger partial charge in [-0.1, -0.05) is 60.7 Å². The third kappa shape index (κ3) is 20.4. The van der Waals surface area contributed by atoms with Crippen LogP contribution >= 0.6 is 0 Å². The van der Waals surface area contributed by atoms with E-state index < -0.39 is 17.8 Å². The number of aliphatic hydroxyl groups is 3. The van der Waals surface area contributed by atoms with E-state index in [-0.39, 0.29) is 86.0 Å². The van der Waals surface area contributed by atoms with Gasteiger partial charge in [0, 0.05) is 65.3 Å². The molecule has 17 heteroatoms. The third-order valence-corrected chi connectivity index (χ3v) is 11.9. The van der Waals surface area contributed by atoms with Crippen molar-refractivity contribution < 1.29 is 72.3 Å². The number of esters is 2. The fourth-order valence-corrected chi connectivity index (χ4v) is 6.77. The van der Waals surface area contributed by atoms with Crippen molar-refractivity contribution in [1.82, 2.24) is 0 Å². The van der Waals surface area contributed by atoms with Crippen molar-refractivity contribution in [2.45, 2.75) is 114 Å². The summed E-state index contributed by atoms with van der Waals surface area (Å²) in [4.78, 5) is 34.4. The summed E-state index contributed by atoms with van der Waals surface area (Å²) in [6.07, 6.45) is 2.61. The van der Waals surface area contributed by atoms with Crippen molar-refractivity contribution in [3.8, 4) is 0 Å². The van der Waals surface area contributed by atoms with E-state index in [0.29, 0.717) is 78.5 Å². The lowest BCUT2D eigenvalue weighted by Crippen LogP contribution is -2.53. The number of hydrogen-bond acceptors (Lipinski definition) is 17. The molecule has 0 bridgehead atoms. The molecule has 5 heterocycles. The number of ketones is 1. The Balaban J connectivity index is 0.000000221. The highest BCUT2D eigenvalue weighted by Crippen LogP contribution is 2.23. The summed E-state index contributed by atoms with van der Waals surface area (Å²) < 4.78 is 46.3. The van der Waals surface area contributed by atoms with Crippen LogP contribution in [0.15, 0.2) is 60.7 Å². The summed E-state index contributed by atoms with van der Waals surface area (Å²) in [6, 6.07) is 18.9. The molecule has 0 aliphatic carbocycles. The van der Waals surface area contributed by atoms with Gasteiger partial charge in [-0.2, -0.15) is 0 Å². The van der Waals surface area contributed by atoms with Crippen LogP contribution in [0.3, 0.4) is 0 Å². The predicted octanol–water partition coefficient (Wildman–Crippen LogP) is 2.65. The second kappa shape index (κ2) is 30.0. The van der Waals surface area contributed by atoms with Crippen molar-refractivity contribution in [1.29, 1.82) is 0 Å². The minimum Gasteiger partial charge on any atom is -0.461 e. The lowest BCUT2D eigenvalue weighted by atomic mass is 9.92. The molecule has 0 saturated carbocycles. The van der Waals surface area contributed by atoms with Crippen LogP contribution in [0, 0.1) is 11.8 Å². The molecule has 7 N–H and O–H groups in total. The zero-order chi connectivity index (χ0) is 46.8. The van der Waals surface area contributed by atoms with Crippen molar-refractivity contribution >= 4 is 17.7 Å². The molecule has 5 fully saturated rings. The number of nitrogens with two attached hydrogens (primary N) is 2. The molecular formula is C47H74N2O15. The van der Waals surface area contributed by atoms with E-state index in [4.69, 9.17) is 59.2 Å². The van der Waals surface area contributed by atoms with Gasteiger partial charge in [0.05, 0.1) is 81.9 Å². The topological polar surface area (TPSA) is 247 Å². The first-order valence-electron chi connectivity index (χ1n) is 22.2. The zero-order valence-corrected chi connectivity index (χ0v) is 38.1. The van der Waals surface area contributed by atoms with E-state index in [1.54, 1.807) is 21.1 Å². The fraction of sp³-hybridized carbons (Fsp3) is 0.681. The first kappa shape index (κ1) is 54.9. The van der Waals surface area contributed by atoms with Crippen LogP contribution in [0.25, 0.3) is 0 Å². The molecule has 5 aliphatic rings. The summed E-state index contributed by atoms with van der Waals surface area (Å²) in [5.41, 5.74) is 12.4. The van der Waals surface area contributed by atoms with Crippen LogP contribution in [0.5, 0.6) is 0 Å². The van der Waals surface area contributed by atoms with Gasteiger partial charge in [0.25, 0.3) is 0 Å². The van der Waals surface area contributed by atoms with E-state index in [9.17, 15) is 24.6 Å². The maximum Gasteiger partial charge on any atom is 0.306 e. The summed E-state index contributed by atoms with van der Waals surface area (Å²) in [5.74, 6) is -0.799. The number of Topliss-reactive ketones (excluding diaryl/α,β-unsaturated/α-hetero) is 1. The van der Waals surface area contributed by atoms with Gasteiger partial charge < -0.3 is 69.4 Å². The maximum absolute atomic E-state index is 11.6. The Hall–Kier alpha value is -3.43. The van der Waals surface area contributed by atoms with Crippen LogP contribution in [-0.2, 0) is 70.2 Å². The highest BCUT2D eigenvalue weighted by atomic mass is 16.5. The molecule has 17 nitrogen and oxygen atoms in total. The Morgan fingerprint density at radius 1 is 0.625 bits per heavy atom. The van der Waals surface area contributed by atoms with Gasteiger partial charge in [-0.25, -0.2) is 0 Å². The number of hydrogen-bond donors (Lipinski definition) is 5. The molecule has 5 aliphatic heterocycles. The molecule has 0 amide bonds. The van der Waals surface area contributed by atoms with E-state index in [2.05, 4.69) is 0 Å². The summed E-state index contributed by atoms with van der Waals surface area (Å²) >= 11 is 0. The Kier molecular flexibility index (Phi) is 25.7. The van der Waals surface area contributed by atoms with Crippen molar-refractivity contribution in [2.24, 2.45) is 23.3 Å². The molecule has 5 saturated heterocycles. The molecule has 2 unspecified atom stereocenters. The number of carbonyl (C=O) groups is 3. The Labute approximate surface area is 378 Å². The summed E-state index contributed by atoms with van der Waals surface area (Å²) in [7, 11) is 3.26. The normalized spacial score (nSPS) is 30.1. The number of benzene rings is 2. The number of aliphatic hydroxyl groups excluding tert-OH is 3. The van der Waals surface area contributed by atoms with Gasteiger partial charge in [0.15, 0.2) is 5.78 Å². The second-order valence-corrected chi connectivity index (χ2v) is 16.8. The smallest absolute Gasteiger partial charge is 0.306 e. The van der Waals surface area contributed by atoms with Gasteiger partial charge >= 0.3 is 11.9 Å². The van der Waals surface area contributed by atoms with Crippen molar-refractivity contribution in [3.05, 3.63) is 71.8 Å². The summed E-state index contributed by atoms with van der Waals surface area (Å²) in [6.45, 7) is 9.74. The number of methoxy groups -OCH3 is 2. The van der Waals surface area contributed by atoms with E-state index in [0.717, 1.165) is 24.2 Å². The predicted molar refractivity (Wildman–Crippen MR) is 236 cm³/mol. The van der Waals surface area contributed by atoms with Gasteiger partial charge in [0.2, 0.25) is 0 Å². The molecule has 2 aromatic rings. The number of carbonyl (C=O) groups excluding carboxylic acids is 3. The molecule has 0 radical (unpaired) electrons. The van der Waals surface area contributed by atoms with Crippen molar-refractivity contribution in [2.75, 3.05) is 80.3 Å². The SMILES string of the molecule is COC1(C)CCOCC1=O.COC1(C)CCOC[C@@H]1N.N[C@H]1COCC[C@@H]1O.O=C(C[C@H]1COCC[C@@H]1O)OCc1ccccc1.O=C(C[C@H]1COCC[C@@H]1O)OCc1ccccc1. The van der Waals surface area contributed by atoms with E-state index >= 15 is 0 Å². The highest BCUT2D eigenvalue weighted by molar-refractivity contribution is 5.88. The molecule has 9 atom stereocenters. The highest BCUT2D eigenvalue weighted by Gasteiger charge is 2.36. The standard InChI is InChI=1S/2C14H18O4.C7H15NO2.C7H12O3.C5H11NO2/c2*15-13-6-7-17-10-12(13)8-14(16)18-9-11-4-2-1-3-5-11;2*1-7(9-2)3-4-10-5-6(7)8;6-4-3-8-2-1-5(4)7/h2*1-5,12-13,15H,6-10H2;6H,3-5,8H2,1-2H3;3-5H2,1-2H3;4-5,7H,1-3,6H2/t2*12-,13-;6-,7?;;4-,5-/m000.0/s1. The quantitative estimate of drug-likeness (QED) is 0.215. The Morgan fingerprint density at radius 3 is 1.44 bits per heavy atom. The van der Waals surface area contributed by atoms with Gasteiger partial charge in [-0.05, 0) is 44.2 Å². The number of ether oxygens (including phenoxy) is 9. The number of rotatable bonds is 10. The zero-order valence-electron chi connectivity index (χ0n) is 38.1. The van der Waals surface area contributed by atoms with Gasteiger partial charge in [-0.3, -0.25) is 14.4 Å². The van der Waals surface area contributed by atoms with Crippen LogP contribution in [0.2, 0.25) is 0 Å². The molecule has 64 heavy (non-hydrogen) atoms. The first-order chi connectivity index (χ1) is 30.7. The van der Waals surface area contributed by atoms with Crippen LogP contribution in [0.4, 0.5) is 0 Å². The van der Waals surface area contributed by atoms with Crippen LogP contribution in [-0.4, -0.2) is 155 Å². The molecule has 362 valence electrons. The molecule has 0 aromatic heterocycles. The van der Waals surface area contributed by atoms with Crippen molar-refractivity contribution in [3.63, 3.8) is 0 Å². The molecular weight excluding hydrogens is 833 g/mol.